The van der Waals surface area contributed by atoms with Crippen LogP contribution in [0.15, 0.2) is 72.8 Å². The lowest BCUT2D eigenvalue weighted by molar-refractivity contribution is -0.117. The van der Waals surface area contributed by atoms with Crippen molar-refractivity contribution in [3.05, 3.63) is 83.9 Å². The van der Waals surface area contributed by atoms with Crippen molar-refractivity contribution in [3.8, 4) is 0 Å². The van der Waals surface area contributed by atoms with E-state index in [-0.39, 0.29) is 18.0 Å². The number of carbonyl (C=O) groups excluding carboxylic acids is 2. The third-order valence-corrected chi connectivity index (χ3v) is 5.47. The summed E-state index contributed by atoms with van der Waals surface area (Å²) in [5.74, 6) is 0.0184. The number of hydrogen-bond acceptors (Lipinski definition) is 3. The summed E-state index contributed by atoms with van der Waals surface area (Å²) in [6.07, 6.45) is 0.292. The minimum atomic E-state index is -0.316. The Kier molecular flexibility index (Phi) is 5.89. The average molecular weight is 415 g/mol. The van der Waals surface area contributed by atoms with Gasteiger partial charge in [-0.15, -0.1) is 0 Å². The third-order valence-electron chi connectivity index (χ3n) is 5.47. The summed E-state index contributed by atoms with van der Waals surface area (Å²) in [5, 5.41) is 9.05. The molecule has 158 valence electrons. The third kappa shape index (κ3) is 5.04. The first-order valence-electron chi connectivity index (χ1n) is 10.4. The Bertz CT molecular complexity index is 1080. The maximum atomic E-state index is 12.5. The number of nitrogens with zero attached hydrogens (tertiary/aromatic N) is 1. The van der Waals surface area contributed by atoms with Crippen molar-refractivity contribution in [2.24, 2.45) is 0 Å². The zero-order chi connectivity index (χ0) is 21.8. The van der Waals surface area contributed by atoms with Crippen LogP contribution in [0, 0.1) is 13.8 Å². The van der Waals surface area contributed by atoms with Crippen LogP contribution in [-0.2, 0) is 4.79 Å². The van der Waals surface area contributed by atoms with E-state index in [2.05, 4.69) is 16.0 Å². The predicted octanol–water partition coefficient (Wildman–Crippen LogP) is 4.97. The Balaban J connectivity index is 1.31. The van der Waals surface area contributed by atoms with Crippen LogP contribution in [0.5, 0.6) is 0 Å². The first-order valence-corrected chi connectivity index (χ1v) is 10.4. The number of para-hydroxylation sites is 1. The standard InChI is InChI=1S/C25H26N4O2/c1-17-8-13-23(14-18(17)2)29-16-22(15-24(29)30)28-25(31)27-21-11-9-20(10-12-21)26-19-6-4-3-5-7-19/h3-14,22,26H,15-16H2,1-2H3,(H2,27,28,31)/t22-/m0/s1. The molecule has 3 N–H and O–H groups in total. The normalized spacial score (nSPS) is 15.6. The molecule has 1 fully saturated rings. The lowest BCUT2D eigenvalue weighted by Crippen LogP contribution is -2.39. The molecule has 1 aliphatic heterocycles. The second kappa shape index (κ2) is 8.92. The first kappa shape index (κ1) is 20.5. The average Bonchev–Trinajstić information content (AvgIpc) is 3.12. The monoisotopic (exact) mass is 414 g/mol. The van der Waals surface area contributed by atoms with E-state index in [1.165, 1.54) is 5.56 Å². The molecule has 0 aliphatic carbocycles. The van der Waals surface area contributed by atoms with E-state index in [1.54, 1.807) is 4.90 Å². The van der Waals surface area contributed by atoms with Crippen molar-refractivity contribution in [2.45, 2.75) is 26.3 Å². The van der Waals surface area contributed by atoms with Crippen molar-refractivity contribution < 1.29 is 9.59 Å². The van der Waals surface area contributed by atoms with Crippen molar-refractivity contribution >= 4 is 34.7 Å². The number of rotatable bonds is 5. The molecular weight excluding hydrogens is 388 g/mol. The second-order valence-corrected chi connectivity index (χ2v) is 7.84. The number of hydrogen-bond donors (Lipinski definition) is 3. The summed E-state index contributed by atoms with van der Waals surface area (Å²) < 4.78 is 0. The smallest absolute Gasteiger partial charge is 0.319 e. The molecule has 0 unspecified atom stereocenters. The molecule has 31 heavy (non-hydrogen) atoms. The molecule has 6 heteroatoms. The summed E-state index contributed by atoms with van der Waals surface area (Å²) in [5.41, 5.74) is 5.83. The van der Waals surface area contributed by atoms with Gasteiger partial charge in [-0.2, -0.15) is 0 Å². The predicted molar refractivity (Wildman–Crippen MR) is 125 cm³/mol. The van der Waals surface area contributed by atoms with Crippen LogP contribution in [0.4, 0.5) is 27.5 Å². The highest BCUT2D eigenvalue weighted by atomic mass is 16.2. The number of amides is 3. The summed E-state index contributed by atoms with van der Waals surface area (Å²) in [6.45, 7) is 4.54. The van der Waals surface area contributed by atoms with Gasteiger partial charge in [-0.25, -0.2) is 4.79 Å². The topological polar surface area (TPSA) is 73.5 Å². The van der Waals surface area contributed by atoms with Crippen LogP contribution >= 0.6 is 0 Å². The largest absolute Gasteiger partial charge is 0.356 e. The number of nitrogens with one attached hydrogen (secondary N) is 3. The fourth-order valence-corrected chi connectivity index (χ4v) is 3.62. The summed E-state index contributed by atoms with van der Waals surface area (Å²) in [6, 6.07) is 22.8. The first-order chi connectivity index (χ1) is 15.0. The molecule has 0 bridgehead atoms. The van der Waals surface area contributed by atoms with Gasteiger partial charge in [0.2, 0.25) is 5.91 Å². The van der Waals surface area contributed by atoms with E-state index in [1.807, 2.05) is 86.6 Å². The second-order valence-electron chi connectivity index (χ2n) is 7.84. The maximum absolute atomic E-state index is 12.5. The van der Waals surface area contributed by atoms with Crippen molar-refractivity contribution in [2.75, 3.05) is 22.1 Å². The maximum Gasteiger partial charge on any atom is 0.319 e. The van der Waals surface area contributed by atoms with Crippen molar-refractivity contribution in [3.63, 3.8) is 0 Å². The highest BCUT2D eigenvalue weighted by Gasteiger charge is 2.31. The molecule has 4 rings (SSSR count). The van der Waals surface area contributed by atoms with E-state index >= 15 is 0 Å². The van der Waals surface area contributed by atoms with Gasteiger partial charge in [0.15, 0.2) is 0 Å². The molecule has 0 aromatic heterocycles. The van der Waals surface area contributed by atoms with Crippen LogP contribution in [0.3, 0.4) is 0 Å². The molecule has 0 radical (unpaired) electrons. The fraction of sp³-hybridized carbons (Fsp3) is 0.200. The molecule has 1 atom stereocenters. The van der Waals surface area contributed by atoms with Gasteiger partial charge in [-0.05, 0) is 73.5 Å². The molecule has 0 saturated carbocycles. The SMILES string of the molecule is Cc1ccc(N2C[C@@H](NC(=O)Nc3ccc(Nc4ccccc4)cc3)CC2=O)cc1C. The van der Waals surface area contributed by atoms with Gasteiger partial charge in [0, 0.05) is 35.7 Å². The zero-order valence-corrected chi connectivity index (χ0v) is 17.7. The van der Waals surface area contributed by atoms with E-state index < -0.39 is 0 Å². The summed E-state index contributed by atoms with van der Waals surface area (Å²) in [7, 11) is 0. The van der Waals surface area contributed by atoms with E-state index in [0.29, 0.717) is 18.7 Å². The molecule has 0 spiro atoms. The van der Waals surface area contributed by atoms with Gasteiger partial charge in [-0.3, -0.25) is 4.79 Å². The Morgan fingerprint density at radius 3 is 2.26 bits per heavy atom. The molecule has 1 heterocycles. The molecule has 1 aliphatic rings. The number of urea groups is 1. The van der Waals surface area contributed by atoms with E-state index in [0.717, 1.165) is 22.6 Å². The van der Waals surface area contributed by atoms with Gasteiger partial charge in [0.25, 0.3) is 0 Å². The number of carbonyl (C=O) groups is 2. The molecular formula is C25H26N4O2. The Morgan fingerprint density at radius 2 is 1.55 bits per heavy atom. The minimum absolute atomic E-state index is 0.0184. The van der Waals surface area contributed by atoms with Gasteiger partial charge < -0.3 is 20.9 Å². The lowest BCUT2D eigenvalue weighted by atomic mass is 10.1. The quantitative estimate of drug-likeness (QED) is 0.552. The Hall–Kier alpha value is -3.80. The lowest BCUT2D eigenvalue weighted by Gasteiger charge is -2.18. The number of benzene rings is 3. The highest BCUT2D eigenvalue weighted by Crippen LogP contribution is 2.24. The molecule has 3 amide bonds. The van der Waals surface area contributed by atoms with Crippen molar-refractivity contribution in [1.82, 2.24) is 5.32 Å². The minimum Gasteiger partial charge on any atom is -0.356 e. The van der Waals surface area contributed by atoms with Gasteiger partial charge >= 0.3 is 6.03 Å². The van der Waals surface area contributed by atoms with E-state index in [9.17, 15) is 9.59 Å². The Morgan fingerprint density at radius 1 is 0.871 bits per heavy atom. The number of anilines is 4. The summed E-state index contributed by atoms with van der Waals surface area (Å²) in [4.78, 5) is 26.6. The number of aryl methyl sites for hydroxylation is 2. The van der Waals surface area contributed by atoms with Crippen molar-refractivity contribution in [1.29, 1.82) is 0 Å². The Labute approximate surface area is 182 Å². The van der Waals surface area contributed by atoms with Crippen LogP contribution in [0.25, 0.3) is 0 Å². The van der Waals surface area contributed by atoms with Crippen LogP contribution in [0.2, 0.25) is 0 Å². The molecule has 3 aromatic rings. The van der Waals surface area contributed by atoms with E-state index in [4.69, 9.17) is 0 Å². The van der Waals surface area contributed by atoms with Crippen LogP contribution in [-0.4, -0.2) is 24.5 Å². The zero-order valence-electron chi connectivity index (χ0n) is 17.7. The molecule has 1 saturated heterocycles. The summed E-state index contributed by atoms with van der Waals surface area (Å²) >= 11 is 0. The van der Waals surface area contributed by atoms with Gasteiger partial charge in [0.05, 0.1) is 6.04 Å². The van der Waals surface area contributed by atoms with Crippen LogP contribution in [0.1, 0.15) is 17.5 Å². The van der Waals surface area contributed by atoms with Gasteiger partial charge in [0.1, 0.15) is 0 Å². The molecule has 3 aromatic carbocycles. The molecule has 6 nitrogen and oxygen atoms in total. The fourth-order valence-electron chi connectivity index (χ4n) is 3.62. The highest BCUT2D eigenvalue weighted by molar-refractivity contribution is 5.97. The van der Waals surface area contributed by atoms with Gasteiger partial charge in [-0.1, -0.05) is 24.3 Å². The van der Waals surface area contributed by atoms with Crippen LogP contribution < -0.4 is 20.9 Å².